The lowest BCUT2D eigenvalue weighted by Crippen LogP contribution is -2.30. The van der Waals surface area contributed by atoms with Gasteiger partial charge in [-0.2, -0.15) is 0 Å². The van der Waals surface area contributed by atoms with Crippen molar-refractivity contribution in [3.63, 3.8) is 0 Å². The first-order chi connectivity index (χ1) is 11.1. The summed E-state index contributed by atoms with van der Waals surface area (Å²) in [5, 5.41) is 0. The predicted molar refractivity (Wildman–Crippen MR) is 93.1 cm³/mol. The zero-order chi connectivity index (χ0) is 18.1. The van der Waals surface area contributed by atoms with Gasteiger partial charge in [0.05, 0.1) is 15.9 Å². The minimum Gasteiger partial charge on any atom is -0.370 e. The minimum absolute atomic E-state index is 0.133. The highest BCUT2D eigenvalue weighted by atomic mass is 32.2. The molecule has 0 aliphatic carbocycles. The summed E-state index contributed by atoms with van der Waals surface area (Å²) in [5.41, 5.74) is 6.66. The van der Waals surface area contributed by atoms with Crippen LogP contribution in [0.5, 0.6) is 0 Å². The molecule has 0 aliphatic rings. The summed E-state index contributed by atoms with van der Waals surface area (Å²) >= 11 is 0. The van der Waals surface area contributed by atoms with Crippen LogP contribution in [0.15, 0.2) is 23.1 Å². The Morgan fingerprint density at radius 3 is 2.50 bits per heavy atom. The fraction of sp³-hybridized carbons (Fsp3) is 0.500. The largest absolute Gasteiger partial charge is 0.370 e. The summed E-state index contributed by atoms with van der Waals surface area (Å²) < 4.78 is 29.2. The predicted octanol–water partition coefficient (Wildman–Crippen LogP) is 1.72. The van der Waals surface area contributed by atoms with Crippen LogP contribution in [0, 0.1) is 0 Å². The monoisotopic (exact) mass is 352 g/mol. The van der Waals surface area contributed by atoms with Gasteiger partial charge < -0.3 is 10.3 Å². The van der Waals surface area contributed by atoms with Gasteiger partial charge in [-0.3, -0.25) is 4.79 Å². The Morgan fingerprint density at radius 1 is 1.29 bits per heavy atom. The standard InChI is InChI=1S/C16H24N4O3S/c1-10(2)19-24(22,23)12-5-6-14-13(9-12)18-16(8-7-15(17)21)20(14)11(3)4/h5-6,9-11,19H,7-8H2,1-4H3,(H2,17,21). The van der Waals surface area contributed by atoms with Crippen LogP contribution in [0.2, 0.25) is 0 Å². The van der Waals surface area contributed by atoms with Crippen molar-refractivity contribution in [2.45, 2.75) is 57.5 Å². The number of fused-ring (bicyclic) bond motifs is 1. The van der Waals surface area contributed by atoms with Crippen molar-refractivity contribution in [3.8, 4) is 0 Å². The molecule has 1 aromatic carbocycles. The van der Waals surface area contributed by atoms with Gasteiger partial charge in [-0.1, -0.05) is 0 Å². The highest BCUT2D eigenvalue weighted by Gasteiger charge is 2.19. The van der Waals surface area contributed by atoms with Crippen molar-refractivity contribution in [2.24, 2.45) is 5.73 Å². The van der Waals surface area contributed by atoms with E-state index in [0.29, 0.717) is 11.9 Å². The molecule has 24 heavy (non-hydrogen) atoms. The average molecular weight is 352 g/mol. The smallest absolute Gasteiger partial charge is 0.240 e. The third-order valence-electron chi connectivity index (χ3n) is 3.55. The molecule has 132 valence electrons. The van der Waals surface area contributed by atoms with E-state index < -0.39 is 10.0 Å². The molecule has 0 saturated heterocycles. The first-order valence-electron chi connectivity index (χ1n) is 7.93. The normalized spacial score (nSPS) is 12.4. The number of imidazole rings is 1. The molecule has 0 saturated carbocycles. The number of benzene rings is 1. The van der Waals surface area contributed by atoms with Gasteiger partial charge in [0.2, 0.25) is 15.9 Å². The van der Waals surface area contributed by atoms with E-state index in [4.69, 9.17) is 5.73 Å². The lowest BCUT2D eigenvalue weighted by atomic mass is 10.2. The lowest BCUT2D eigenvalue weighted by molar-refractivity contribution is -0.118. The molecule has 0 atom stereocenters. The van der Waals surface area contributed by atoms with Gasteiger partial charge in [-0.15, -0.1) is 0 Å². The number of sulfonamides is 1. The Morgan fingerprint density at radius 2 is 1.96 bits per heavy atom. The number of carbonyl (C=O) groups excluding carboxylic acids is 1. The van der Waals surface area contributed by atoms with Crippen molar-refractivity contribution >= 4 is 27.0 Å². The maximum Gasteiger partial charge on any atom is 0.240 e. The van der Waals surface area contributed by atoms with Crippen molar-refractivity contribution in [3.05, 3.63) is 24.0 Å². The zero-order valence-electron chi connectivity index (χ0n) is 14.4. The SMILES string of the molecule is CC(C)NS(=O)(=O)c1ccc2c(c1)nc(CCC(N)=O)n2C(C)C. The number of rotatable bonds is 7. The fourth-order valence-corrected chi connectivity index (χ4v) is 3.93. The number of hydrogen-bond donors (Lipinski definition) is 2. The van der Waals surface area contributed by atoms with Gasteiger partial charge in [0, 0.05) is 24.9 Å². The third-order valence-corrected chi connectivity index (χ3v) is 5.20. The van der Waals surface area contributed by atoms with Crippen LogP contribution in [-0.2, 0) is 21.2 Å². The number of carbonyl (C=O) groups is 1. The number of amides is 1. The van der Waals surface area contributed by atoms with Gasteiger partial charge in [-0.05, 0) is 45.9 Å². The van der Waals surface area contributed by atoms with E-state index in [2.05, 4.69) is 9.71 Å². The van der Waals surface area contributed by atoms with Crippen molar-refractivity contribution in [2.75, 3.05) is 0 Å². The van der Waals surface area contributed by atoms with Crippen LogP contribution in [-0.4, -0.2) is 29.9 Å². The molecule has 0 aliphatic heterocycles. The number of aryl methyl sites for hydroxylation is 1. The first kappa shape index (κ1) is 18.4. The van der Waals surface area contributed by atoms with E-state index in [9.17, 15) is 13.2 Å². The van der Waals surface area contributed by atoms with E-state index in [1.807, 2.05) is 18.4 Å². The second kappa shape index (κ2) is 6.90. The van der Waals surface area contributed by atoms with Gasteiger partial charge in [0.1, 0.15) is 5.82 Å². The van der Waals surface area contributed by atoms with Crippen LogP contribution in [0.25, 0.3) is 11.0 Å². The van der Waals surface area contributed by atoms with Crippen LogP contribution in [0.1, 0.15) is 46.0 Å². The summed E-state index contributed by atoms with van der Waals surface area (Å²) in [6.45, 7) is 7.57. The average Bonchev–Trinajstić information content (AvgIpc) is 2.81. The molecule has 2 rings (SSSR count). The van der Waals surface area contributed by atoms with Crippen molar-refractivity contribution in [1.29, 1.82) is 0 Å². The van der Waals surface area contributed by atoms with Crippen LogP contribution < -0.4 is 10.5 Å². The lowest BCUT2D eigenvalue weighted by Gasteiger charge is -2.13. The van der Waals surface area contributed by atoms with Crippen LogP contribution in [0.3, 0.4) is 0 Å². The Kier molecular flexibility index (Phi) is 5.29. The Labute approximate surface area is 142 Å². The molecule has 0 radical (unpaired) electrons. The number of primary amides is 1. The first-order valence-corrected chi connectivity index (χ1v) is 9.41. The quantitative estimate of drug-likeness (QED) is 0.791. The highest BCUT2D eigenvalue weighted by molar-refractivity contribution is 7.89. The van der Waals surface area contributed by atoms with Gasteiger partial charge in [-0.25, -0.2) is 18.1 Å². The minimum atomic E-state index is -3.57. The molecule has 0 bridgehead atoms. The van der Waals surface area contributed by atoms with Crippen LogP contribution >= 0.6 is 0 Å². The van der Waals surface area contributed by atoms with E-state index >= 15 is 0 Å². The maximum absolute atomic E-state index is 12.3. The summed E-state index contributed by atoms with van der Waals surface area (Å²) in [6, 6.07) is 4.84. The Balaban J connectivity index is 2.52. The maximum atomic E-state index is 12.3. The number of nitrogens with two attached hydrogens (primary N) is 1. The molecule has 3 N–H and O–H groups in total. The number of hydrogen-bond acceptors (Lipinski definition) is 4. The number of nitrogens with zero attached hydrogens (tertiary/aromatic N) is 2. The summed E-state index contributed by atoms with van der Waals surface area (Å²) in [5.74, 6) is 0.340. The molecule has 1 amide bonds. The van der Waals surface area contributed by atoms with E-state index in [1.165, 1.54) is 0 Å². The molecule has 1 aromatic heterocycles. The summed E-state index contributed by atoms with van der Waals surface area (Å²) in [7, 11) is -3.57. The summed E-state index contributed by atoms with van der Waals surface area (Å²) in [4.78, 5) is 15.8. The van der Waals surface area contributed by atoms with Crippen molar-refractivity contribution in [1.82, 2.24) is 14.3 Å². The second-order valence-corrected chi connectivity index (χ2v) is 8.10. The molecule has 7 nitrogen and oxygen atoms in total. The van der Waals surface area contributed by atoms with Crippen molar-refractivity contribution < 1.29 is 13.2 Å². The Hall–Kier alpha value is -1.93. The van der Waals surface area contributed by atoms with E-state index in [0.717, 1.165) is 11.3 Å². The fourth-order valence-electron chi connectivity index (χ4n) is 2.66. The van der Waals surface area contributed by atoms with Gasteiger partial charge in [0.15, 0.2) is 0 Å². The highest BCUT2D eigenvalue weighted by Crippen LogP contribution is 2.24. The molecular formula is C16H24N4O3S. The topological polar surface area (TPSA) is 107 Å². The number of nitrogens with one attached hydrogen (secondary N) is 1. The van der Waals surface area contributed by atoms with E-state index in [1.54, 1.807) is 32.0 Å². The van der Waals surface area contributed by atoms with Gasteiger partial charge >= 0.3 is 0 Å². The summed E-state index contributed by atoms with van der Waals surface area (Å²) in [6.07, 6.45) is 0.630. The molecule has 0 spiro atoms. The molecule has 1 heterocycles. The van der Waals surface area contributed by atoms with Gasteiger partial charge in [0.25, 0.3) is 0 Å². The zero-order valence-corrected chi connectivity index (χ0v) is 15.2. The Bertz CT molecular complexity index is 854. The van der Waals surface area contributed by atoms with Crippen LogP contribution in [0.4, 0.5) is 0 Å². The number of aromatic nitrogens is 2. The van der Waals surface area contributed by atoms with E-state index in [-0.39, 0.29) is 29.3 Å². The molecule has 8 heteroatoms. The second-order valence-electron chi connectivity index (χ2n) is 6.38. The molecular weight excluding hydrogens is 328 g/mol. The molecule has 2 aromatic rings. The third kappa shape index (κ3) is 3.93. The molecule has 0 unspecified atom stereocenters. The molecule has 0 fully saturated rings.